The molecule has 0 saturated carbocycles. The molecule has 154 valence electrons. The molecule has 0 bridgehead atoms. The van der Waals surface area contributed by atoms with Crippen molar-refractivity contribution in [1.82, 2.24) is 19.2 Å². The van der Waals surface area contributed by atoms with Crippen LogP contribution in [-0.2, 0) is 0 Å². The minimum atomic E-state index is -0.110. The largest absolute Gasteiger partial charge is 0.493 e. The minimum absolute atomic E-state index is 0.110. The third-order valence-electron chi connectivity index (χ3n) is 4.98. The zero-order valence-corrected chi connectivity index (χ0v) is 17.7. The summed E-state index contributed by atoms with van der Waals surface area (Å²) in [5, 5.41) is 10.1. The molecule has 3 aromatic carbocycles. The number of ether oxygens (including phenoxy) is 1. The summed E-state index contributed by atoms with van der Waals surface area (Å²) in [6.07, 6.45) is 0. The van der Waals surface area contributed by atoms with Gasteiger partial charge in [0.15, 0.2) is 5.16 Å². The lowest BCUT2D eigenvalue weighted by Crippen LogP contribution is -2.21. The Kier molecular flexibility index (Phi) is 5.18. The monoisotopic (exact) mass is 428 g/mol. The molecule has 0 fully saturated rings. The van der Waals surface area contributed by atoms with Gasteiger partial charge >= 0.3 is 0 Å². The summed E-state index contributed by atoms with van der Waals surface area (Å²) in [7, 11) is 0. The minimum Gasteiger partial charge on any atom is -0.493 e. The molecule has 0 aliphatic heterocycles. The number of para-hydroxylation sites is 2. The topological polar surface area (TPSA) is 61.4 Å². The Morgan fingerprint density at radius 3 is 2.58 bits per heavy atom. The normalized spacial score (nSPS) is 11.3. The predicted octanol–water partition coefficient (Wildman–Crippen LogP) is 4.51. The van der Waals surface area contributed by atoms with Gasteiger partial charge in [-0.3, -0.25) is 9.20 Å². The van der Waals surface area contributed by atoms with Gasteiger partial charge in [0.2, 0.25) is 5.78 Å². The lowest BCUT2D eigenvalue weighted by atomic mass is 10.2. The molecule has 0 aliphatic carbocycles. The van der Waals surface area contributed by atoms with Crippen LogP contribution in [0.25, 0.3) is 22.4 Å². The van der Waals surface area contributed by atoms with Crippen molar-refractivity contribution in [2.24, 2.45) is 0 Å². The van der Waals surface area contributed by atoms with Crippen LogP contribution in [0.3, 0.4) is 0 Å². The Hall–Kier alpha value is -3.58. The highest BCUT2D eigenvalue weighted by molar-refractivity contribution is 7.99. The van der Waals surface area contributed by atoms with Gasteiger partial charge in [0, 0.05) is 5.75 Å². The van der Waals surface area contributed by atoms with Gasteiger partial charge in [0.05, 0.1) is 23.2 Å². The van der Waals surface area contributed by atoms with E-state index in [-0.39, 0.29) is 5.56 Å². The van der Waals surface area contributed by atoms with Crippen molar-refractivity contribution in [3.8, 4) is 11.4 Å². The van der Waals surface area contributed by atoms with Gasteiger partial charge in [-0.2, -0.15) is 0 Å². The molecule has 5 rings (SSSR count). The lowest BCUT2D eigenvalue weighted by Gasteiger charge is -2.11. The first-order chi connectivity index (χ1) is 15.2. The van der Waals surface area contributed by atoms with Crippen LogP contribution in [0.15, 0.2) is 88.8 Å². The van der Waals surface area contributed by atoms with Crippen molar-refractivity contribution >= 4 is 28.4 Å². The summed E-state index contributed by atoms with van der Waals surface area (Å²) in [6.45, 7) is 2.58. The number of fused-ring (bicyclic) bond motifs is 3. The van der Waals surface area contributed by atoms with Crippen LogP contribution < -0.4 is 10.3 Å². The van der Waals surface area contributed by atoms with E-state index in [2.05, 4.69) is 10.2 Å². The molecule has 2 heterocycles. The maximum Gasteiger partial charge on any atom is 0.267 e. The molecule has 0 atom stereocenters. The molecule has 0 unspecified atom stereocenters. The highest BCUT2D eigenvalue weighted by Gasteiger charge is 2.17. The average Bonchev–Trinajstić information content (AvgIpc) is 3.21. The van der Waals surface area contributed by atoms with E-state index >= 15 is 0 Å². The maximum atomic E-state index is 13.3. The molecular formula is C24H20N4O2S. The first kappa shape index (κ1) is 19.4. The molecule has 6 nitrogen and oxygen atoms in total. The fraction of sp³-hybridized carbons (Fsp3) is 0.125. The third kappa shape index (κ3) is 3.68. The van der Waals surface area contributed by atoms with Crippen LogP contribution in [-0.4, -0.2) is 31.5 Å². The Bertz CT molecular complexity index is 1430. The second kappa shape index (κ2) is 8.28. The third-order valence-corrected chi connectivity index (χ3v) is 5.88. The van der Waals surface area contributed by atoms with Gasteiger partial charge in [-0.25, -0.2) is 4.57 Å². The molecule has 5 aromatic rings. The number of thioether (sulfide) groups is 1. The first-order valence-corrected chi connectivity index (χ1v) is 11.0. The van der Waals surface area contributed by atoms with E-state index in [1.54, 1.807) is 16.3 Å². The number of aryl methyl sites for hydroxylation is 1. The van der Waals surface area contributed by atoms with E-state index in [9.17, 15) is 4.79 Å². The summed E-state index contributed by atoms with van der Waals surface area (Å²) in [5.74, 6) is 2.06. The highest BCUT2D eigenvalue weighted by atomic mass is 32.2. The van der Waals surface area contributed by atoms with Crippen molar-refractivity contribution < 1.29 is 4.74 Å². The first-order valence-electron chi connectivity index (χ1n) is 9.99. The van der Waals surface area contributed by atoms with Gasteiger partial charge in [0.1, 0.15) is 5.75 Å². The summed E-state index contributed by atoms with van der Waals surface area (Å²) < 4.78 is 9.42. The van der Waals surface area contributed by atoms with Gasteiger partial charge < -0.3 is 4.74 Å². The van der Waals surface area contributed by atoms with E-state index in [1.807, 2.05) is 90.2 Å². The molecule has 0 amide bonds. The highest BCUT2D eigenvalue weighted by Crippen LogP contribution is 2.23. The second-order valence-corrected chi connectivity index (χ2v) is 8.19. The number of aromatic nitrogens is 4. The zero-order valence-electron chi connectivity index (χ0n) is 16.9. The van der Waals surface area contributed by atoms with Crippen molar-refractivity contribution in [1.29, 1.82) is 0 Å². The van der Waals surface area contributed by atoms with Gasteiger partial charge in [-0.05, 0) is 48.9 Å². The van der Waals surface area contributed by atoms with Crippen LogP contribution in [0.4, 0.5) is 0 Å². The molecule has 7 heteroatoms. The number of nitrogens with zero attached hydrogens (tertiary/aromatic N) is 4. The standard InChI is InChI=1S/C24H20N4O2S/c1-17-8-7-11-19(16-17)30-14-15-31-24-26-25-23-27(18-9-3-2-4-10-18)22(29)20-12-5-6-13-21(20)28(23)24/h2-13,16H,14-15H2,1H3. The number of rotatable bonds is 6. The molecule has 0 aliphatic rings. The van der Waals surface area contributed by atoms with E-state index in [0.717, 1.165) is 22.1 Å². The number of hydrogen-bond donors (Lipinski definition) is 0. The van der Waals surface area contributed by atoms with E-state index in [1.165, 1.54) is 5.56 Å². The fourth-order valence-electron chi connectivity index (χ4n) is 3.58. The fourth-order valence-corrected chi connectivity index (χ4v) is 4.34. The van der Waals surface area contributed by atoms with Gasteiger partial charge in [0.25, 0.3) is 5.56 Å². The smallest absolute Gasteiger partial charge is 0.267 e. The van der Waals surface area contributed by atoms with E-state index in [0.29, 0.717) is 23.5 Å². The summed E-state index contributed by atoms with van der Waals surface area (Å²) in [4.78, 5) is 13.3. The Balaban J connectivity index is 1.51. The predicted molar refractivity (Wildman–Crippen MR) is 123 cm³/mol. The van der Waals surface area contributed by atoms with Crippen molar-refractivity contribution in [2.45, 2.75) is 12.1 Å². The van der Waals surface area contributed by atoms with Crippen molar-refractivity contribution in [3.05, 3.63) is 94.8 Å². The van der Waals surface area contributed by atoms with Crippen LogP contribution in [0.2, 0.25) is 0 Å². The summed E-state index contributed by atoms with van der Waals surface area (Å²) in [5.41, 5.74) is 2.61. The zero-order chi connectivity index (χ0) is 21.2. The molecule has 0 saturated heterocycles. The van der Waals surface area contributed by atoms with Crippen molar-refractivity contribution in [2.75, 3.05) is 12.4 Å². The lowest BCUT2D eigenvalue weighted by molar-refractivity contribution is 0.343. The Morgan fingerprint density at radius 1 is 0.935 bits per heavy atom. The molecule has 0 spiro atoms. The molecule has 2 aromatic heterocycles. The second-order valence-electron chi connectivity index (χ2n) is 7.12. The van der Waals surface area contributed by atoms with Crippen molar-refractivity contribution in [3.63, 3.8) is 0 Å². The van der Waals surface area contributed by atoms with E-state index in [4.69, 9.17) is 4.74 Å². The quantitative estimate of drug-likeness (QED) is 0.294. The van der Waals surface area contributed by atoms with Crippen LogP contribution in [0.5, 0.6) is 5.75 Å². The van der Waals surface area contributed by atoms with E-state index < -0.39 is 0 Å². The SMILES string of the molecule is Cc1cccc(OCCSc2nnc3n(-c4ccccc4)c(=O)c4ccccc4n23)c1. The maximum absolute atomic E-state index is 13.3. The van der Waals surface area contributed by atoms with Crippen LogP contribution >= 0.6 is 11.8 Å². The Labute approximate surface area is 183 Å². The number of benzene rings is 3. The molecule has 31 heavy (non-hydrogen) atoms. The Morgan fingerprint density at radius 2 is 1.74 bits per heavy atom. The molecule has 0 radical (unpaired) electrons. The average molecular weight is 429 g/mol. The van der Waals surface area contributed by atoms with Crippen LogP contribution in [0.1, 0.15) is 5.56 Å². The molecular weight excluding hydrogens is 408 g/mol. The van der Waals surface area contributed by atoms with Gasteiger partial charge in [-0.1, -0.05) is 54.2 Å². The summed E-state index contributed by atoms with van der Waals surface area (Å²) >= 11 is 1.55. The number of hydrogen-bond acceptors (Lipinski definition) is 5. The van der Waals surface area contributed by atoms with Gasteiger partial charge in [-0.15, -0.1) is 10.2 Å². The summed E-state index contributed by atoms with van der Waals surface area (Å²) in [6, 6.07) is 25.1. The van der Waals surface area contributed by atoms with Crippen LogP contribution in [0, 0.1) is 6.92 Å². The molecule has 0 N–H and O–H groups in total.